The number of nitrogens with one attached hydrogen (secondary N) is 1. The third-order valence-corrected chi connectivity index (χ3v) is 7.53. The monoisotopic (exact) mass is 277 g/mol. The maximum atomic E-state index is 3.93. The highest BCUT2D eigenvalue weighted by Gasteiger charge is 2.39. The van der Waals surface area contributed by atoms with Gasteiger partial charge in [-0.05, 0) is 62.6 Å². The molecule has 0 saturated heterocycles. The van der Waals surface area contributed by atoms with E-state index in [-0.39, 0.29) is 5.54 Å². The van der Waals surface area contributed by atoms with Crippen molar-refractivity contribution in [1.82, 2.24) is 14.0 Å². The van der Waals surface area contributed by atoms with E-state index in [1.807, 2.05) is 0 Å². The van der Waals surface area contributed by atoms with E-state index in [0.29, 0.717) is 0 Å². The highest BCUT2D eigenvalue weighted by Crippen LogP contribution is 2.48. The van der Waals surface area contributed by atoms with Gasteiger partial charge in [0.05, 0.1) is 0 Å². The molecular weight excluding hydrogens is 243 g/mol. The third kappa shape index (κ3) is 4.34. The lowest BCUT2D eigenvalue weighted by atomic mass is 9.99. The molecule has 0 aromatic heterocycles. The Balaban J connectivity index is 5.56. The van der Waals surface area contributed by atoms with E-state index in [1.165, 1.54) is 19.3 Å². The van der Waals surface area contributed by atoms with Crippen molar-refractivity contribution in [3.8, 4) is 0 Å². The molecule has 0 aliphatic rings. The maximum Gasteiger partial charge on any atom is 0.309 e. The molecule has 0 atom stereocenters. The van der Waals surface area contributed by atoms with Crippen molar-refractivity contribution in [2.24, 2.45) is 0 Å². The second kappa shape index (κ2) is 7.04. The molecule has 0 spiro atoms. The summed E-state index contributed by atoms with van der Waals surface area (Å²) in [5.74, 6) is 0. The fourth-order valence-corrected chi connectivity index (χ4v) is 6.12. The maximum absolute atomic E-state index is 3.93. The number of hydrogen-bond donors (Lipinski definition) is 1. The molecule has 0 unspecified atom stereocenters. The van der Waals surface area contributed by atoms with Crippen molar-refractivity contribution < 1.29 is 4.74 Å². The first-order chi connectivity index (χ1) is 8.10. The van der Waals surface area contributed by atoms with Gasteiger partial charge in [-0.15, -0.1) is 0 Å². The van der Waals surface area contributed by atoms with Gasteiger partial charge >= 0.3 is 7.51 Å². The topological polar surface area (TPSA) is 23.7 Å². The number of nitrogens with zero attached hydrogens (tertiary/aromatic N) is 3. The molecule has 0 radical (unpaired) electrons. The van der Waals surface area contributed by atoms with Crippen molar-refractivity contribution >= 4 is 7.51 Å². The van der Waals surface area contributed by atoms with Gasteiger partial charge in [0.15, 0.2) is 5.54 Å². The molecular formula is C13H34N4P+. The van der Waals surface area contributed by atoms with Crippen LogP contribution in [0.25, 0.3) is 0 Å². The molecule has 0 fully saturated rings. The van der Waals surface area contributed by atoms with Gasteiger partial charge < -0.3 is 0 Å². The van der Waals surface area contributed by atoms with Gasteiger partial charge in [0, 0.05) is 6.42 Å². The van der Waals surface area contributed by atoms with Crippen molar-refractivity contribution in [2.45, 2.75) is 45.6 Å². The van der Waals surface area contributed by atoms with Gasteiger partial charge in [0.2, 0.25) is 0 Å². The van der Waals surface area contributed by atoms with Gasteiger partial charge in [-0.3, -0.25) is 0 Å². The summed E-state index contributed by atoms with van der Waals surface area (Å²) >= 11 is 0. The molecule has 110 valence electrons. The van der Waals surface area contributed by atoms with Crippen LogP contribution in [0.4, 0.5) is 0 Å². The van der Waals surface area contributed by atoms with Crippen LogP contribution < -0.4 is 4.74 Å². The molecule has 0 amide bonds. The zero-order chi connectivity index (χ0) is 14.6. The van der Waals surface area contributed by atoms with Crippen molar-refractivity contribution in [3.05, 3.63) is 0 Å². The lowest BCUT2D eigenvalue weighted by Crippen LogP contribution is -2.83. The molecule has 18 heavy (non-hydrogen) atoms. The summed E-state index contributed by atoms with van der Waals surface area (Å²) in [6.45, 7) is 6.88. The van der Waals surface area contributed by atoms with Crippen LogP contribution in [0.1, 0.15) is 40.0 Å². The first-order valence-electron chi connectivity index (χ1n) is 6.82. The van der Waals surface area contributed by atoms with Gasteiger partial charge in [0.1, 0.15) is 0 Å². The molecule has 5 heteroatoms. The summed E-state index contributed by atoms with van der Waals surface area (Å²) in [7, 11) is 11.4. The van der Waals surface area contributed by atoms with Crippen molar-refractivity contribution in [2.75, 3.05) is 42.3 Å². The molecule has 1 N–H and O–H groups in total. The molecule has 4 nitrogen and oxygen atoms in total. The Kier molecular flexibility index (Phi) is 7.09. The summed E-state index contributed by atoms with van der Waals surface area (Å²) in [6.07, 6.45) is 3.73. The first kappa shape index (κ1) is 18.1. The Bertz CT molecular complexity index is 267. The van der Waals surface area contributed by atoms with Crippen LogP contribution >= 0.6 is 7.51 Å². The quantitative estimate of drug-likeness (QED) is 0.716. The summed E-state index contributed by atoms with van der Waals surface area (Å²) in [5.41, 5.74) is 0.155. The summed E-state index contributed by atoms with van der Waals surface area (Å²) in [6, 6.07) is 0. The Morgan fingerprint density at radius 1 is 0.889 bits per heavy atom. The Morgan fingerprint density at radius 2 is 1.28 bits per heavy atom. The smallest absolute Gasteiger partial charge is 0.230 e. The van der Waals surface area contributed by atoms with E-state index in [0.717, 1.165) is 0 Å². The van der Waals surface area contributed by atoms with Gasteiger partial charge in [0.25, 0.3) is 0 Å². The van der Waals surface area contributed by atoms with Crippen LogP contribution in [0.2, 0.25) is 0 Å². The summed E-state index contributed by atoms with van der Waals surface area (Å²) < 4.78 is 10.9. The molecule has 0 rings (SSSR count). The molecule has 0 aromatic carbocycles. The SMILES string of the molecule is CCCCC(C)(C)[NH+]=P(N(C)C)(N(C)C)N(C)C. The fraction of sp³-hybridized carbons (Fsp3) is 1.00. The highest BCUT2D eigenvalue weighted by molar-refractivity contribution is 7.56. The van der Waals surface area contributed by atoms with Crippen molar-refractivity contribution in [1.29, 1.82) is 0 Å². The van der Waals surface area contributed by atoms with Crippen LogP contribution in [0.15, 0.2) is 0 Å². The van der Waals surface area contributed by atoms with E-state index in [1.54, 1.807) is 0 Å². The molecule has 0 aliphatic carbocycles. The molecule has 0 saturated carbocycles. The van der Waals surface area contributed by atoms with E-state index in [4.69, 9.17) is 0 Å². The molecule has 0 aliphatic heterocycles. The van der Waals surface area contributed by atoms with Crippen LogP contribution in [0.3, 0.4) is 0 Å². The van der Waals surface area contributed by atoms with Crippen LogP contribution in [-0.2, 0) is 0 Å². The predicted molar refractivity (Wildman–Crippen MR) is 82.5 cm³/mol. The van der Waals surface area contributed by atoms with Crippen molar-refractivity contribution in [3.63, 3.8) is 0 Å². The van der Waals surface area contributed by atoms with Gasteiger partial charge in [-0.1, -0.05) is 13.3 Å². The van der Waals surface area contributed by atoms with Crippen LogP contribution in [-0.4, -0.2) is 61.8 Å². The molecule has 0 heterocycles. The number of unbranched alkanes of at least 4 members (excludes halogenated alkanes) is 1. The zero-order valence-electron chi connectivity index (χ0n) is 13.9. The molecule has 0 bridgehead atoms. The fourth-order valence-electron chi connectivity index (χ4n) is 2.45. The minimum atomic E-state index is -1.62. The second-order valence-corrected chi connectivity index (χ2v) is 9.97. The first-order valence-corrected chi connectivity index (χ1v) is 8.46. The summed E-state index contributed by atoms with van der Waals surface area (Å²) in [5, 5.41) is 0. The Morgan fingerprint density at radius 3 is 1.56 bits per heavy atom. The summed E-state index contributed by atoms with van der Waals surface area (Å²) in [4.78, 5) is 0. The standard InChI is InChI=1S/C13H33N4P/c1-10-11-12-13(2,3)14-18(15(4)5,16(6)7)17(8)9/h10-12H2,1-9H3/p+1. The van der Waals surface area contributed by atoms with Crippen LogP contribution in [0, 0.1) is 0 Å². The average molecular weight is 277 g/mol. The lowest BCUT2D eigenvalue weighted by molar-refractivity contribution is -0.534. The number of rotatable bonds is 7. The zero-order valence-corrected chi connectivity index (χ0v) is 14.8. The molecule has 0 aromatic rings. The minimum absolute atomic E-state index is 0.155. The average Bonchev–Trinajstić information content (AvgIpc) is 2.21. The Labute approximate surface area is 115 Å². The van der Waals surface area contributed by atoms with Gasteiger partial charge in [-0.25, -0.2) is 18.8 Å². The van der Waals surface area contributed by atoms with Gasteiger partial charge in [-0.2, -0.15) is 0 Å². The number of hydrogen-bond acceptors (Lipinski definition) is 0. The van der Waals surface area contributed by atoms with E-state index < -0.39 is 7.51 Å². The van der Waals surface area contributed by atoms with E-state index in [2.05, 4.69) is 81.8 Å². The Hall–Kier alpha value is 0.110. The lowest BCUT2D eigenvalue weighted by Gasteiger charge is -2.37. The third-order valence-electron chi connectivity index (χ3n) is 3.28. The second-order valence-electron chi connectivity index (χ2n) is 6.21. The minimum Gasteiger partial charge on any atom is -0.230 e. The highest BCUT2D eigenvalue weighted by atomic mass is 31.2. The normalized spacial score (nSPS) is 13.8. The van der Waals surface area contributed by atoms with E-state index in [9.17, 15) is 0 Å². The van der Waals surface area contributed by atoms with E-state index >= 15 is 0 Å². The van der Waals surface area contributed by atoms with Crippen LogP contribution in [0.5, 0.6) is 0 Å². The largest absolute Gasteiger partial charge is 0.309 e. The predicted octanol–water partition coefficient (Wildman–Crippen LogP) is 1.67.